The van der Waals surface area contributed by atoms with Gasteiger partial charge in [0.05, 0.1) is 6.61 Å². The van der Waals surface area contributed by atoms with E-state index in [1.54, 1.807) is 12.1 Å². The average molecular weight is 567 g/mol. The van der Waals surface area contributed by atoms with Crippen molar-refractivity contribution in [1.29, 1.82) is 0 Å². The molecule has 210 valence electrons. The van der Waals surface area contributed by atoms with Crippen LogP contribution in [0.4, 0.5) is 0 Å². The third-order valence-electron chi connectivity index (χ3n) is 7.53. The number of benzene rings is 3. The predicted octanol–water partition coefficient (Wildman–Crippen LogP) is 4.42. The molecule has 1 aliphatic heterocycles. The summed E-state index contributed by atoms with van der Waals surface area (Å²) in [4.78, 5) is 40.0. The largest absolute Gasteiger partial charge is 0.472 e. The number of aromatic nitrogens is 2. The highest BCUT2D eigenvalue weighted by Crippen LogP contribution is 2.39. The lowest BCUT2D eigenvalue weighted by Gasteiger charge is -2.43. The molecule has 2 atom stereocenters. The van der Waals surface area contributed by atoms with Crippen molar-refractivity contribution in [3.05, 3.63) is 141 Å². The van der Waals surface area contributed by atoms with E-state index in [4.69, 9.17) is 9.16 Å². The van der Waals surface area contributed by atoms with Gasteiger partial charge in [-0.25, -0.2) is 4.79 Å². The lowest BCUT2D eigenvalue weighted by atomic mass is 9.97. The van der Waals surface area contributed by atoms with Gasteiger partial charge in [0.25, 0.3) is 13.9 Å². The molecule has 7 nitrogen and oxygen atoms in total. The molecular formula is C33H34N2O5Si. The summed E-state index contributed by atoms with van der Waals surface area (Å²) in [6, 6.07) is 30.9. The zero-order valence-corrected chi connectivity index (χ0v) is 24.4. The molecule has 0 saturated carbocycles. The Hall–Kier alpha value is -4.27. The maximum atomic E-state index is 13.2. The number of carbonyl (C=O) groups is 1. The van der Waals surface area contributed by atoms with Crippen LogP contribution in [0.3, 0.4) is 0 Å². The van der Waals surface area contributed by atoms with Gasteiger partial charge in [-0.05, 0) is 21.5 Å². The van der Waals surface area contributed by atoms with Gasteiger partial charge in [0.15, 0.2) is 12.0 Å². The molecular weight excluding hydrogens is 532 g/mol. The molecule has 8 heteroatoms. The van der Waals surface area contributed by atoms with Crippen molar-refractivity contribution in [2.24, 2.45) is 5.92 Å². The highest BCUT2D eigenvalue weighted by molar-refractivity contribution is 6.99. The molecule has 1 aromatic heterocycles. The molecule has 4 aromatic rings. The number of ether oxygens (including phenoxy) is 1. The van der Waals surface area contributed by atoms with Crippen LogP contribution in [0.15, 0.2) is 125 Å². The minimum Gasteiger partial charge on any atom is -0.472 e. The SMILES string of the molecule is CC(C)(C)[Si](OCC1=CC(CC(=O)c2ccccc2)[C@H](n2ccc(=O)[nH]c2=O)O1)(c1ccccc1)c1ccccc1. The van der Waals surface area contributed by atoms with Gasteiger partial charge in [-0.1, -0.05) is 112 Å². The summed E-state index contributed by atoms with van der Waals surface area (Å²) in [6.07, 6.45) is 2.62. The van der Waals surface area contributed by atoms with Crippen LogP contribution in [0.5, 0.6) is 0 Å². The van der Waals surface area contributed by atoms with E-state index in [9.17, 15) is 14.4 Å². The molecule has 2 heterocycles. The molecule has 0 radical (unpaired) electrons. The fourth-order valence-corrected chi connectivity index (χ4v) is 10.1. The van der Waals surface area contributed by atoms with E-state index >= 15 is 0 Å². The number of Topliss-reactive ketones (excluding diaryl/α,β-unsaturated/α-hetero) is 1. The first-order valence-electron chi connectivity index (χ1n) is 13.7. The van der Waals surface area contributed by atoms with E-state index in [1.807, 2.05) is 60.7 Å². The Morgan fingerprint density at radius 1 is 0.878 bits per heavy atom. The van der Waals surface area contributed by atoms with Gasteiger partial charge < -0.3 is 9.16 Å². The molecule has 0 amide bonds. The van der Waals surface area contributed by atoms with Crippen molar-refractivity contribution in [2.75, 3.05) is 6.61 Å². The van der Waals surface area contributed by atoms with E-state index < -0.39 is 31.7 Å². The number of hydrogen-bond donors (Lipinski definition) is 1. The first kappa shape index (κ1) is 28.3. The van der Waals surface area contributed by atoms with Crippen molar-refractivity contribution < 1.29 is 14.0 Å². The van der Waals surface area contributed by atoms with Crippen LogP contribution >= 0.6 is 0 Å². The quantitative estimate of drug-likeness (QED) is 0.239. The number of nitrogens with zero attached hydrogens (tertiary/aromatic N) is 1. The van der Waals surface area contributed by atoms with Gasteiger partial charge in [0.1, 0.15) is 5.76 Å². The fraction of sp³-hybridized carbons (Fsp3) is 0.242. The summed E-state index contributed by atoms with van der Waals surface area (Å²) in [5.41, 5.74) is -0.503. The summed E-state index contributed by atoms with van der Waals surface area (Å²) in [6.45, 7) is 6.77. The maximum absolute atomic E-state index is 13.2. The minimum atomic E-state index is -2.85. The van der Waals surface area contributed by atoms with Crippen LogP contribution in [-0.2, 0) is 9.16 Å². The topological polar surface area (TPSA) is 90.4 Å². The van der Waals surface area contributed by atoms with Gasteiger partial charge >= 0.3 is 5.69 Å². The molecule has 0 spiro atoms. The third-order valence-corrected chi connectivity index (χ3v) is 12.5. The van der Waals surface area contributed by atoms with Crippen LogP contribution in [0.1, 0.15) is 43.8 Å². The van der Waals surface area contributed by atoms with E-state index in [-0.39, 0.29) is 23.8 Å². The van der Waals surface area contributed by atoms with Crippen molar-refractivity contribution in [1.82, 2.24) is 9.55 Å². The van der Waals surface area contributed by atoms with E-state index in [0.29, 0.717) is 11.3 Å². The van der Waals surface area contributed by atoms with Gasteiger partial charge in [-0.15, -0.1) is 0 Å². The summed E-state index contributed by atoms with van der Waals surface area (Å²) in [5.74, 6) is 0.0445. The number of ketones is 1. The predicted molar refractivity (Wildman–Crippen MR) is 162 cm³/mol. The smallest absolute Gasteiger partial charge is 0.331 e. The summed E-state index contributed by atoms with van der Waals surface area (Å²) >= 11 is 0. The van der Waals surface area contributed by atoms with Crippen molar-refractivity contribution in [2.45, 2.75) is 38.5 Å². The Morgan fingerprint density at radius 2 is 1.44 bits per heavy atom. The molecule has 3 aromatic carbocycles. The number of rotatable bonds is 9. The van der Waals surface area contributed by atoms with Gasteiger partial charge in [-0.2, -0.15) is 0 Å². The van der Waals surface area contributed by atoms with Crippen molar-refractivity contribution in [3.63, 3.8) is 0 Å². The van der Waals surface area contributed by atoms with Crippen LogP contribution in [0, 0.1) is 5.92 Å². The summed E-state index contributed by atoms with van der Waals surface area (Å²) in [7, 11) is -2.85. The van der Waals surface area contributed by atoms with Crippen molar-refractivity contribution in [3.8, 4) is 0 Å². The van der Waals surface area contributed by atoms with Crippen molar-refractivity contribution >= 4 is 24.5 Å². The molecule has 0 bridgehead atoms. The number of H-pyrrole nitrogens is 1. The van der Waals surface area contributed by atoms with Gasteiger partial charge in [-0.3, -0.25) is 19.1 Å². The Balaban J connectivity index is 1.50. The second-order valence-corrected chi connectivity index (χ2v) is 15.6. The van der Waals surface area contributed by atoms with Crippen LogP contribution in [-0.4, -0.2) is 30.3 Å². The van der Waals surface area contributed by atoms with E-state index in [0.717, 1.165) is 10.4 Å². The maximum Gasteiger partial charge on any atom is 0.331 e. The minimum absolute atomic E-state index is 0.0629. The molecule has 1 aliphatic rings. The highest BCUT2D eigenvalue weighted by Gasteiger charge is 2.50. The molecule has 1 unspecified atom stereocenters. The lowest BCUT2D eigenvalue weighted by molar-refractivity contribution is 0.0305. The summed E-state index contributed by atoms with van der Waals surface area (Å²) in [5, 5.41) is 2.05. The zero-order chi connectivity index (χ0) is 29.0. The van der Waals surface area contributed by atoms with E-state index in [2.05, 4.69) is 50.0 Å². The second-order valence-electron chi connectivity index (χ2n) is 11.3. The Bertz CT molecular complexity index is 1600. The first-order valence-corrected chi connectivity index (χ1v) is 15.6. The first-order chi connectivity index (χ1) is 19.7. The Kier molecular flexibility index (Phi) is 8.05. The molecule has 0 aliphatic carbocycles. The average Bonchev–Trinajstić information content (AvgIpc) is 3.36. The second kappa shape index (κ2) is 11.7. The van der Waals surface area contributed by atoms with Crippen LogP contribution < -0.4 is 21.6 Å². The third kappa shape index (κ3) is 5.80. The Labute approximate surface area is 240 Å². The zero-order valence-electron chi connectivity index (χ0n) is 23.4. The fourth-order valence-electron chi connectivity index (χ4n) is 5.63. The highest BCUT2D eigenvalue weighted by atomic mass is 28.4. The number of carbonyl (C=O) groups excluding carboxylic acids is 1. The number of aromatic amines is 1. The molecule has 0 fully saturated rings. The molecule has 5 rings (SSSR count). The normalized spacial score (nSPS) is 17.1. The van der Waals surface area contributed by atoms with E-state index in [1.165, 1.54) is 16.8 Å². The Morgan fingerprint density at radius 3 is 1.98 bits per heavy atom. The van der Waals surface area contributed by atoms with Gasteiger partial charge in [0.2, 0.25) is 0 Å². The lowest BCUT2D eigenvalue weighted by Crippen LogP contribution is -2.66. The standard InChI is InChI=1S/C33H34N2O5Si/c1-33(2,3)41(27-15-9-5-10-16-27,28-17-11-6-12-18-28)39-23-26-21-25(22-29(36)24-13-7-4-8-14-24)31(40-26)35-20-19-30(37)34-32(35)38/h4-21,25,31H,22-23H2,1-3H3,(H,34,37,38)/t25?,31-/m1/s1. The number of nitrogens with one attached hydrogen (secondary N) is 1. The molecule has 1 N–H and O–H groups in total. The van der Waals surface area contributed by atoms with Crippen LogP contribution in [0.25, 0.3) is 0 Å². The monoisotopic (exact) mass is 566 g/mol. The molecule has 0 saturated heterocycles. The summed E-state index contributed by atoms with van der Waals surface area (Å²) < 4.78 is 14.7. The molecule has 41 heavy (non-hydrogen) atoms. The van der Waals surface area contributed by atoms with Gasteiger partial charge in [0, 0.05) is 30.2 Å². The number of hydrogen-bond acceptors (Lipinski definition) is 5. The van der Waals surface area contributed by atoms with Crippen LogP contribution in [0.2, 0.25) is 5.04 Å².